The molecule has 0 fully saturated rings. The van der Waals surface area contributed by atoms with Gasteiger partial charge in [-0.2, -0.15) is 18.2 Å². The molecule has 4 heterocycles. The summed E-state index contributed by atoms with van der Waals surface area (Å²) in [5.74, 6) is 1.56. The Morgan fingerprint density at radius 3 is 1.81 bits per heavy atom. The van der Waals surface area contributed by atoms with Crippen LogP contribution in [0.2, 0.25) is 0 Å². The largest absolute Gasteiger partial charge is 0.510 e. The molecule has 400 valence electrons. The van der Waals surface area contributed by atoms with Crippen LogP contribution in [-0.2, 0) is 26.5 Å². The maximum Gasteiger partial charge on any atom is 0.268 e. The van der Waals surface area contributed by atoms with Crippen molar-refractivity contribution in [2.45, 2.75) is 26.2 Å². The van der Waals surface area contributed by atoms with Crippen LogP contribution in [0.15, 0.2) is 273 Å². The molecule has 0 saturated carbocycles. The van der Waals surface area contributed by atoms with Crippen molar-refractivity contribution in [3.8, 4) is 73.2 Å². The first-order valence-corrected chi connectivity index (χ1v) is 28.8. The van der Waals surface area contributed by atoms with Gasteiger partial charge in [-0.1, -0.05) is 244 Å². The van der Waals surface area contributed by atoms with Crippen molar-refractivity contribution >= 4 is 61.7 Å². The number of hydrogen-bond donors (Lipinski definition) is 0. The molecular weight excluding hydrogens is 1210 g/mol. The smallest absolute Gasteiger partial charge is 0.268 e. The monoisotopic (exact) mass is 1280 g/mol. The molecule has 0 aliphatic carbocycles. The molecule has 14 aromatic rings. The fraction of sp³-hybridized carbons (Fsp3) is 0.0526. The van der Waals surface area contributed by atoms with E-state index >= 15 is 0 Å². The van der Waals surface area contributed by atoms with Gasteiger partial charge in [0.05, 0.1) is 37.3 Å². The second-order valence-corrected chi connectivity index (χ2v) is 24.7. The van der Waals surface area contributed by atoms with Crippen LogP contribution in [0.1, 0.15) is 46.9 Å². The molecule has 0 amide bonds. The van der Waals surface area contributed by atoms with Crippen LogP contribution in [0, 0.1) is 18.5 Å². The number of aromatic nitrogens is 4. The Kier molecular flexibility index (Phi) is 9.42. The van der Waals surface area contributed by atoms with E-state index in [1.807, 2.05) is 155 Å². The number of pyridine rings is 1. The summed E-state index contributed by atoms with van der Waals surface area (Å²) >= 11 is 0. The summed E-state index contributed by atoms with van der Waals surface area (Å²) < 4.78 is 154. The van der Waals surface area contributed by atoms with Crippen molar-refractivity contribution in [3.05, 3.63) is 297 Å². The number of para-hydroxylation sites is 3. The van der Waals surface area contributed by atoms with Crippen LogP contribution in [0.5, 0.6) is 11.5 Å². The number of ether oxygens (including phenoxy) is 1. The standard InChI is InChI=1S/C76H54N4OSi.Pt/c1-76(2,3)53-45-46-77-73(47-53)80-70-39-19-18-35-65(70)66-43-41-56(49-72(66)80)81-55-26-20-25-54(48-55)78-51-79-74-61(52-23-8-4-9-24-52)36-21-37-68(74)69-50-60(42-44-64(69)62-33-16-17-34-63(62)67-38-22-40-71(78)75(67)79)82(57-27-10-5-11-28-57,58-29-12-6-13-30-58)59-31-14-7-15-32-59;/h4-47,50H,1-3H3;/q-2;/i5D,6D,7D,10D,11D,12D,13D,14D,15D,27D,28D,29D,30D,31D,32D;. The molecule has 83 heavy (non-hydrogen) atoms. The average Bonchev–Trinajstić information content (AvgIpc) is 0.868. The maximum atomic E-state index is 9.86. The van der Waals surface area contributed by atoms with E-state index in [1.165, 1.54) is 0 Å². The van der Waals surface area contributed by atoms with Gasteiger partial charge >= 0.3 is 0 Å². The number of fused-ring (bicyclic) bond motifs is 10. The third-order valence-corrected chi connectivity index (χ3v) is 19.7. The number of imidazole rings is 1. The first-order valence-electron chi connectivity index (χ1n) is 34.3. The maximum absolute atomic E-state index is 9.86. The Balaban J connectivity index is 0.00000821. The first kappa shape index (κ1) is 37.5. The van der Waals surface area contributed by atoms with E-state index in [-0.39, 0.29) is 31.7 Å². The van der Waals surface area contributed by atoms with Gasteiger partial charge in [0.1, 0.15) is 5.82 Å². The summed E-state index contributed by atoms with van der Waals surface area (Å²) in [6.07, 6.45) is 5.61. The molecular formula is C76H54N4OPtSi-2. The molecule has 1 aliphatic rings. The Labute approximate surface area is 520 Å². The Hall–Kier alpha value is -9.45. The van der Waals surface area contributed by atoms with E-state index in [2.05, 4.69) is 62.0 Å². The molecule has 0 spiro atoms. The number of benzene rings is 11. The van der Waals surface area contributed by atoms with E-state index in [1.54, 1.807) is 18.2 Å². The minimum Gasteiger partial charge on any atom is -0.510 e. The van der Waals surface area contributed by atoms with E-state index in [0.717, 1.165) is 49.9 Å². The molecule has 0 unspecified atom stereocenters. The predicted molar refractivity (Wildman–Crippen MR) is 338 cm³/mol. The molecule has 0 saturated heterocycles. The summed E-state index contributed by atoms with van der Waals surface area (Å²) in [6.45, 7) is 6.52. The fourth-order valence-electron chi connectivity index (χ4n) is 11.8. The van der Waals surface area contributed by atoms with Gasteiger partial charge in [0.25, 0.3) is 6.33 Å². The zero-order chi connectivity index (χ0) is 68.0. The van der Waals surface area contributed by atoms with Crippen LogP contribution in [0.25, 0.3) is 94.5 Å². The Bertz CT molecular complexity index is 5460. The van der Waals surface area contributed by atoms with E-state index in [9.17, 15) is 16.4 Å². The second kappa shape index (κ2) is 20.8. The van der Waals surface area contributed by atoms with Gasteiger partial charge in [-0.05, 0) is 106 Å². The minimum absolute atomic E-state index is 0. The van der Waals surface area contributed by atoms with Crippen molar-refractivity contribution in [1.82, 2.24) is 14.1 Å². The molecule has 3 aromatic heterocycles. The quantitative estimate of drug-likeness (QED) is 0.0625. The molecule has 0 bridgehead atoms. The van der Waals surface area contributed by atoms with Crippen LogP contribution in [0.3, 0.4) is 0 Å². The Morgan fingerprint density at radius 2 is 1.08 bits per heavy atom. The average molecular weight is 1280 g/mol. The van der Waals surface area contributed by atoms with Crippen molar-refractivity contribution in [2.75, 3.05) is 0 Å². The molecule has 1 aliphatic heterocycles. The van der Waals surface area contributed by atoms with Gasteiger partial charge in [0, 0.05) is 44.3 Å². The zero-order valence-corrected chi connectivity index (χ0v) is 48.1. The van der Waals surface area contributed by atoms with E-state index in [4.69, 9.17) is 13.8 Å². The van der Waals surface area contributed by atoms with Gasteiger partial charge in [0.2, 0.25) is 0 Å². The molecule has 0 N–H and O–H groups in total. The van der Waals surface area contributed by atoms with Crippen molar-refractivity contribution in [3.63, 3.8) is 0 Å². The van der Waals surface area contributed by atoms with Gasteiger partial charge in [0.15, 0.2) is 8.07 Å². The summed E-state index contributed by atoms with van der Waals surface area (Å²) in [6, 6.07) is 50.5. The van der Waals surface area contributed by atoms with E-state index < -0.39 is 114 Å². The van der Waals surface area contributed by atoms with Crippen molar-refractivity contribution in [1.29, 1.82) is 0 Å². The van der Waals surface area contributed by atoms with Gasteiger partial charge in [-0.15, -0.1) is 29.7 Å². The minimum atomic E-state index is -5.59. The number of hydrogen-bond acceptors (Lipinski definition) is 2. The molecule has 15 rings (SSSR count). The summed E-state index contributed by atoms with van der Waals surface area (Å²) in [5.41, 5.74) is 10.6. The third kappa shape index (κ3) is 8.63. The van der Waals surface area contributed by atoms with Crippen LogP contribution in [0.4, 0.5) is 0 Å². The van der Waals surface area contributed by atoms with Crippen LogP contribution in [-0.4, -0.2) is 22.2 Å². The predicted octanol–water partition coefficient (Wildman–Crippen LogP) is 15.2. The molecule has 0 radical (unpaired) electrons. The van der Waals surface area contributed by atoms with Gasteiger partial charge < -0.3 is 13.9 Å². The summed E-state index contributed by atoms with van der Waals surface area (Å²) in [5, 5.41) is 0.213. The normalized spacial score (nSPS) is 14.5. The zero-order valence-electron chi connectivity index (χ0n) is 59.8. The summed E-state index contributed by atoms with van der Waals surface area (Å²) in [7, 11) is -5.59. The third-order valence-electron chi connectivity index (χ3n) is 15.5. The van der Waals surface area contributed by atoms with E-state index in [0.29, 0.717) is 61.7 Å². The molecule has 5 nitrogen and oxygen atoms in total. The van der Waals surface area contributed by atoms with Crippen molar-refractivity contribution < 1.29 is 50.9 Å². The topological polar surface area (TPSA) is 35.9 Å². The molecule has 0 atom stereocenters. The van der Waals surface area contributed by atoms with Crippen molar-refractivity contribution in [2.24, 2.45) is 0 Å². The first-order chi connectivity index (χ1) is 46.5. The Morgan fingerprint density at radius 1 is 0.494 bits per heavy atom. The summed E-state index contributed by atoms with van der Waals surface area (Å²) in [4.78, 5) is 4.87. The molecule has 11 aromatic carbocycles. The van der Waals surface area contributed by atoms with Gasteiger partial charge in [-0.25, -0.2) is 4.98 Å². The SMILES string of the molecule is [2H]c1c([2H])c([2H])c([Si](c2ccc3c(c2)-c2cccc(-c4ccccc4)c2-[n+]2[c-]n(-c4[c-]c(Oc5[c-]c6c(cc5)c5ccccc5n6-c5cc(C(C)(C)C)ccn5)ccc4)c4cccc(c42)-c2ccccc2-3)(c2c([2H])c([2H])c([2H])c([2H])c2[2H])c2c([2H])c([2H])c([2H])c([2H])c2[2H])c([2H])c1[2H].[Pt]. The van der Waals surface area contributed by atoms with Crippen LogP contribution < -0.4 is 30.1 Å². The molecule has 7 heteroatoms. The number of rotatable bonds is 9. The van der Waals surface area contributed by atoms with Gasteiger partial charge in [-0.3, -0.25) is 4.57 Å². The van der Waals surface area contributed by atoms with Crippen LogP contribution >= 0.6 is 0 Å². The fourth-order valence-corrected chi connectivity index (χ4v) is 15.6. The number of nitrogens with zero attached hydrogens (tertiary/aromatic N) is 4. The second-order valence-electron chi connectivity index (χ2n) is 21.2.